The van der Waals surface area contributed by atoms with Crippen molar-refractivity contribution < 1.29 is 0 Å². The Hall–Kier alpha value is -3.40. The van der Waals surface area contributed by atoms with Crippen molar-refractivity contribution >= 4 is 21.8 Å². The highest BCUT2D eigenvalue weighted by Crippen LogP contribution is 2.36. The highest BCUT2D eigenvalue weighted by Gasteiger charge is 2.12. The lowest BCUT2D eigenvalue weighted by Crippen LogP contribution is -2.29. The minimum absolute atomic E-state index is 0.942. The molecular formula is C30H31N3. The number of para-hydroxylation sites is 1. The van der Waals surface area contributed by atoms with Crippen molar-refractivity contribution in [3.63, 3.8) is 0 Å². The fourth-order valence-electron chi connectivity index (χ4n) is 4.95. The first kappa shape index (κ1) is 21.4. The molecule has 166 valence electrons. The van der Waals surface area contributed by atoms with Gasteiger partial charge in [0.1, 0.15) is 0 Å². The van der Waals surface area contributed by atoms with E-state index in [2.05, 4.69) is 134 Å². The summed E-state index contributed by atoms with van der Waals surface area (Å²) in [6.07, 6.45) is 0. The van der Waals surface area contributed by atoms with Crippen LogP contribution < -0.4 is 0 Å². The predicted molar refractivity (Wildman–Crippen MR) is 141 cm³/mol. The molecular weight excluding hydrogens is 402 g/mol. The first-order valence-corrected chi connectivity index (χ1v) is 11.5. The van der Waals surface area contributed by atoms with Gasteiger partial charge >= 0.3 is 0 Å². The van der Waals surface area contributed by atoms with Crippen LogP contribution in [0.3, 0.4) is 0 Å². The maximum atomic E-state index is 2.33. The molecule has 3 heteroatoms. The summed E-state index contributed by atoms with van der Waals surface area (Å²) in [5.41, 5.74) is 8.90. The first-order chi connectivity index (χ1) is 16.0. The summed E-state index contributed by atoms with van der Waals surface area (Å²) in [5, 5.41) is 2.62. The second kappa shape index (κ2) is 8.86. The van der Waals surface area contributed by atoms with Crippen LogP contribution in [-0.2, 0) is 13.6 Å². The maximum absolute atomic E-state index is 2.33. The maximum Gasteiger partial charge on any atom is 0.0501 e. The van der Waals surface area contributed by atoms with Gasteiger partial charge in [0.05, 0.1) is 6.67 Å². The lowest BCUT2D eigenvalue weighted by Gasteiger charge is -2.21. The number of nitrogens with zero attached hydrogens (tertiary/aromatic N) is 3. The van der Waals surface area contributed by atoms with Gasteiger partial charge in [0.15, 0.2) is 0 Å². The molecule has 0 amide bonds. The second-order valence-electron chi connectivity index (χ2n) is 9.29. The number of fused-ring (bicyclic) bond motifs is 3. The van der Waals surface area contributed by atoms with Crippen LogP contribution in [0.15, 0.2) is 91.0 Å². The lowest BCUT2D eigenvalue weighted by molar-refractivity contribution is 0.204. The summed E-state index contributed by atoms with van der Waals surface area (Å²) in [7, 11) is 8.52. The van der Waals surface area contributed by atoms with Crippen molar-refractivity contribution in [3.05, 3.63) is 96.6 Å². The predicted octanol–water partition coefficient (Wildman–Crippen LogP) is 6.62. The summed E-state index contributed by atoms with van der Waals surface area (Å²) in [4.78, 5) is 4.51. The zero-order chi connectivity index (χ0) is 22.9. The third kappa shape index (κ3) is 4.18. The highest BCUT2D eigenvalue weighted by atomic mass is 15.3. The van der Waals surface area contributed by atoms with Gasteiger partial charge in [-0.1, -0.05) is 78.9 Å². The summed E-state index contributed by atoms with van der Waals surface area (Å²) in [5.74, 6) is 0. The minimum Gasteiger partial charge on any atom is -0.344 e. The van der Waals surface area contributed by atoms with Gasteiger partial charge in [0.25, 0.3) is 0 Å². The van der Waals surface area contributed by atoms with E-state index in [0.717, 1.165) is 13.2 Å². The standard InChI is InChI=1S/C30H31N3/c1-31(2)21-32(3)20-22-13-15-23(16-14-22)25-9-5-6-10-26(25)24-17-18-28-27-11-7-8-12-29(27)33(4)30(28)19-24/h5-19H,20-21H2,1-4H3. The zero-order valence-electron chi connectivity index (χ0n) is 19.9. The second-order valence-corrected chi connectivity index (χ2v) is 9.29. The quantitative estimate of drug-likeness (QED) is 0.279. The Morgan fingerprint density at radius 3 is 1.97 bits per heavy atom. The van der Waals surface area contributed by atoms with Crippen LogP contribution in [0, 0.1) is 0 Å². The Morgan fingerprint density at radius 1 is 0.636 bits per heavy atom. The van der Waals surface area contributed by atoms with E-state index in [4.69, 9.17) is 0 Å². The summed E-state index contributed by atoms with van der Waals surface area (Å²) >= 11 is 0. The Kier molecular flexibility index (Phi) is 5.76. The third-order valence-corrected chi connectivity index (χ3v) is 6.39. The summed E-state index contributed by atoms with van der Waals surface area (Å²) in [6.45, 7) is 1.89. The van der Waals surface area contributed by atoms with E-state index in [1.165, 1.54) is 49.6 Å². The van der Waals surface area contributed by atoms with E-state index < -0.39 is 0 Å². The molecule has 0 unspecified atom stereocenters. The normalized spacial score (nSPS) is 11.8. The van der Waals surface area contributed by atoms with Gasteiger partial charge in [0, 0.05) is 35.4 Å². The molecule has 0 aliphatic rings. The molecule has 5 aromatic rings. The topological polar surface area (TPSA) is 11.4 Å². The van der Waals surface area contributed by atoms with Crippen molar-refractivity contribution in [2.75, 3.05) is 27.8 Å². The average molecular weight is 434 g/mol. The van der Waals surface area contributed by atoms with Crippen LogP contribution in [0.25, 0.3) is 44.1 Å². The van der Waals surface area contributed by atoms with Gasteiger partial charge < -0.3 is 4.57 Å². The van der Waals surface area contributed by atoms with E-state index in [1.807, 2.05) is 0 Å². The van der Waals surface area contributed by atoms with E-state index >= 15 is 0 Å². The SMILES string of the molecule is CN(C)CN(C)Cc1ccc(-c2ccccc2-c2ccc3c4ccccc4n(C)c3c2)cc1. The van der Waals surface area contributed by atoms with Gasteiger partial charge in [-0.15, -0.1) is 0 Å². The molecule has 0 fully saturated rings. The van der Waals surface area contributed by atoms with Crippen molar-refractivity contribution in [1.29, 1.82) is 0 Å². The number of rotatable bonds is 6. The average Bonchev–Trinajstić information content (AvgIpc) is 3.11. The van der Waals surface area contributed by atoms with Crippen molar-refractivity contribution in [2.45, 2.75) is 6.54 Å². The van der Waals surface area contributed by atoms with Crippen LogP contribution in [0.5, 0.6) is 0 Å². The van der Waals surface area contributed by atoms with Crippen LogP contribution in [-0.4, -0.2) is 42.2 Å². The molecule has 0 radical (unpaired) electrons. The third-order valence-electron chi connectivity index (χ3n) is 6.39. The molecule has 0 spiro atoms. The molecule has 1 heterocycles. The van der Waals surface area contributed by atoms with Crippen molar-refractivity contribution in [1.82, 2.24) is 14.4 Å². The molecule has 0 N–H and O–H groups in total. The number of aryl methyl sites for hydroxylation is 1. The Labute approximate surface area is 196 Å². The number of hydrogen-bond donors (Lipinski definition) is 0. The first-order valence-electron chi connectivity index (χ1n) is 11.5. The molecule has 0 aliphatic heterocycles. The largest absolute Gasteiger partial charge is 0.344 e. The zero-order valence-corrected chi connectivity index (χ0v) is 19.9. The summed E-state index contributed by atoms with van der Waals surface area (Å²) in [6, 6.07) is 33.3. The van der Waals surface area contributed by atoms with Crippen LogP contribution in [0.4, 0.5) is 0 Å². The number of hydrogen-bond acceptors (Lipinski definition) is 2. The molecule has 0 atom stereocenters. The summed E-state index contributed by atoms with van der Waals surface area (Å²) < 4.78 is 2.30. The molecule has 1 aromatic heterocycles. The smallest absolute Gasteiger partial charge is 0.0501 e. The van der Waals surface area contributed by atoms with Crippen molar-refractivity contribution in [2.24, 2.45) is 7.05 Å². The Morgan fingerprint density at radius 2 is 1.24 bits per heavy atom. The van der Waals surface area contributed by atoms with E-state index in [9.17, 15) is 0 Å². The molecule has 3 nitrogen and oxygen atoms in total. The lowest BCUT2D eigenvalue weighted by atomic mass is 9.93. The van der Waals surface area contributed by atoms with Gasteiger partial charge in [-0.05, 0) is 61.1 Å². The molecule has 0 saturated carbocycles. The van der Waals surface area contributed by atoms with E-state index in [-0.39, 0.29) is 0 Å². The van der Waals surface area contributed by atoms with E-state index in [1.54, 1.807) is 0 Å². The molecule has 0 saturated heterocycles. The molecule has 0 bridgehead atoms. The molecule has 5 rings (SSSR count). The van der Waals surface area contributed by atoms with Crippen LogP contribution in [0.1, 0.15) is 5.56 Å². The van der Waals surface area contributed by atoms with Crippen LogP contribution >= 0.6 is 0 Å². The molecule has 4 aromatic carbocycles. The van der Waals surface area contributed by atoms with Gasteiger partial charge in [-0.25, -0.2) is 0 Å². The Bertz CT molecular complexity index is 1410. The van der Waals surface area contributed by atoms with Crippen molar-refractivity contribution in [3.8, 4) is 22.3 Å². The fourth-order valence-corrected chi connectivity index (χ4v) is 4.95. The van der Waals surface area contributed by atoms with Crippen LogP contribution in [0.2, 0.25) is 0 Å². The Balaban J connectivity index is 1.51. The number of aromatic nitrogens is 1. The molecule has 33 heavy (non-hydrogen) atoms. The fraction of sp³-hybridized carbons (Fsp3) is 0.200. The van der Waals surface area contributed by atoms with E-state index in [0.29, 0.717) is 0 Å². The van der Waals surface area contributed by atoms with Gasteiger partial charge in [-0.3, -0.25) is 9.80 Å². The van der Waals surface area contributed by atoms with Gasteiger partial charge in [-0.2, -0.15) is 0 Å². The molecule has 0 aliphatic carbocycles. The monoisotopic (exact) mass is 433 g/mol. The minimum atomic E-state index is 0.942. The highest BCUT2D eigenvalue weighted by molar-refractivity contribution is 6.09. The van der Waals surface area contributed by atoms with Gasteiger partial charge in [0.2, 0.25) is 0 Å². The number of benzene rings is 4.